The Hall–Kier alpha value is -6.98. The molecule has 2 aliphatic rings. The first-order chi connectivity index (χ1) is 29.9. The van der Waals surface area contributed by atoms with Crippen molar-refractivity contribution in [3.05, 3.63) is 174 Å². The van der Waals surface area contributed by atoms with Gasteiger partial charge in [-0.2, -0.15) is 0 Å². The molecule has 0 unspecified atom stereocenters. The van der Waals surface area contributed by atoms with Crippen LogP contribution in [0.4, 0.5) is 34.1 Å². The molecular formula is C57H47BN2O2. The molecule has 0 saturated heterocycles. The van der Waals surface area contributed by atoms with Gasteiger partial charge in [0.2, 0.25) is 0 Å². The van der Waals surface area contributed by atoms with E-state index in [0.29, 0.717) is 0 Å². The third-order valence-corrected chi connectivity index (χ3v) is 13.4. The molecule has 0 amide bonds. The summed E-state index contributed by atoms with van der Waals surface area (Å²) >= 11 is 0. The van der Waals surface area contributed by atoms with Crippen LogP contribution < -0.4 is 26.2 Å². The maximum atomic E-state index is 6.53. The summed E-state index contributed by atoms with van der Waals surface area (Å²) in [5.41, 5.74) is 20.8. The second-order valence-electron chi connectivity index (χ2n) is 19.5. The van der Waals surface area contributed by atoms with Crippen LogP contribution in [-0.4, -0.2) is 6.71 Å². The fourth-order valence-electron chi connectivity index (χ4n) is 10.2. The first-order valence-corrected chi connectivity index (χ1v) is 21.9. The molecule has 0 atom stereocenters. The van der Waals surface area contributed by atoms with Gasteiger partial charge in [-0.05, 0) is 135 Å². The van der Waals surface area contributed by atoms with Crippen molar-refractivity contribution in [2.24, 2.45) is 0 Å². The van der Waals surface area contributed by atoms with Gasteiger partial charge in [0.05, 0.1) is 0 Å². The van der Waals surface area contributed by atoms with E-state index in [0.717, 1.165) is 55.3 Å². The number of hydrogen-bond donors (Lipinski definition) is 0. The molecule has 0 bridgehead atoms. The third kappa shape index (κ3) is 5.53. The fraction of sp³-hybridized carbons (Fsp3) is 0.158. The first kappa shape index (κ1) is 36.8. The van der Waals surface area contributed by atoms with Gasteiger partial charge in [0.25, 0.3) is 6.71 Å². The first-order valence-electron chi connectivity index (χ1n) is 21.9. The topological polar surface area (TPSA) is 32.8 Å². The molecule has 0 aliphatic carbocycles. The summed E-state index contributed by atoms with van der Waals surface area (Å²) in [7, 11) is 0. The van der Waals surface area contributed by atoms with Crippen LogP contribution in [0.1, 0.15) is 58.2 Å². The van der Waals surface area contributed by atoms with Crippen molar-refractivity contribution < 1.29 is 8.83 Å². The van der Waals surface area contributed by atoms with E-state index in [4.69, 9.17) is 8.83 Å². The third-order valence-electron chi connectivity index (χ3n) is 13.4. The van der Waals surface area contributed by atoms with Gasteiger partial charge in [0.15, 0.2) is 0 Å². The van der Waals surface area contributed by atoms with Gasteiger partial charge in [-0.1, -0.05) is 120 Å². The summed E-state index contributed by atoms with van der Waals surface area (Å²) in [4.78, 5) is 5.01. The monoisotopic (exact) mass is 802 g/mol. The number of aryl methyl sites for hydroxylation is 1. The molecule has 2 aromatic heterocycles. The van der Waals surface area contributed by atoms with Crippen LogP contribution in [0.2, 0.25) is 0 Å². The minimum Gasteiger partial charge on any atom is -0.456 e. The van der Waals surface area contributed by atoms with Crippen molar-refractivity contribution in [1.82, 2.24) is 0 Å². The quantitative estimate of drug-likeness (QED) is 0.167. The van der Waals surface area contributed by atoms with Gasteiger partial charge >= 0.3 is 0 Å². The molecule has 5 heteroatoms. The summed E-state index contributed by atoms with van der Waals surface area (Å²) in [5.74, 6) is 0. The minimum atomic E-state index is -0.0305. The second-order valence-corrected chi connectivity index (χ2v) is 19.5. The van der Waals surface area contributed by atoms with Gasteiger partial charge < -0.3 is 18.6 Å². The molecule has 62 heavy (non-hydrogen) atoms. The van der Waals surface area contributed by atoms with Crippen LogP contribution >= 0.6 is 0 Å². The number of benzene rings is 8. The average Bonchev–Trinajstić information content (AvgIpc) is 3.83. The van der Waals surface area contributed by atoms with E-state index >= 15 is 0 Å². The standard InChI is InChI=1S/C57H47BN2O2/c1-34-28-49-55-50(29-34)60(40-23-24-43-41-12-8-10-14-51(41)62-54(43)33-40)48-26-20-38(57(5,6)7)32-46(48)58(55)45-31-37(56(2,3)4)19-25-47(45)59(49)39-21-16-35(17-22-39)36-18-27-53-44(30-36)42-13-9-11-15-52(42)61-53/h8-33H,1-7H3. The molecule has 8 aromatic carbocycles. The van der Waals surface area contributed by atoms with Crippen LogP contribution in [0.15, 0.2) is 167 Å². The lowest BCUT2D eigenvalue weighted by atomic mass is 9.33. The fourth-order valence-corrected chi connectivity index (χ4v) is 10.2. The lowest BCUT2D eigenvalue weighted by molar-refractivity contribution is 0.590. The van der Waals surface area contributed by atoms with Crippen molar-refractivity contribution in [2.45, 2.75) is 59.3 Å². The molecule has 0 N–H and O–H groups in total. The zero-order valence-electron chi connectivity index (χ0n) is 36.3. The van der Waals surface area contributed by atoms with Crippen LogP contribution in [-0.2, 0) is 10.8 Å². The Labute approximate surface area is 363 Å². The molecule has 0 radical (unpaired) electrons. The average molecular weight is 803 g/mol. The Bertz CT molecular complexity index is 3470. The number of fused-ring (bicyclic) bond motifs is 10. The van der Waals surface area contributed by atoms with Crippen LogP contribution in [0, 0.1) is 6.92 Å². The Morgan fingerprint density at radius 1 is 0.403 bits per heavy atom. The summed E-state index contributed by atoms with van der Waals surface area (Å²) in [6.45, 7) is 16.2. The summed E-state index contributed by atoms with van der Waals surface area (Å²) in [6, 6.07) is 58.3. The van der Waals surface area contributed by atoms with Crippen LogP contribution in [0.3, 0.4) is 0 Å². The highest BCUT2D eigenvalue weighted by Gasteiger charge is 2.44. The normalized spacial score (nSPS) is 13.6. The van der Waals surface area contributed by atoms with Gasteiger partial charge in [-0.15, -0.1) is 0 Å². The molecule has 0 spiro atoms. The molecule has 0 fully saturated rings. The Balaban J connectivity index is 1.08. The minimum absolute atomic E-state index is 0.0217. The number of rotatable bonds is 3. The second kappa shape index (κ2) is 13.0. The van der Waals surface area contributed by atoms with E-state index in [1.807, 2.05) is 18.2 Å². The Kier molecular flexibility index (Phi) is 7.73. The van der Waals surface area contributed by atoms with Gasteiger partial charge in [0, 0.05) is 61.7 Å². The van der Waals surface area contributed by atoms with Gasteiger partial charge in [-0.3, -0.25) is 0 Å². The Morgan fingerprint density at radius 3 is 1.52 bits per heavy atom. The predicted molar refractivity (Wildman–Crippen MR) is 263 cm³/mol. The van der Waals surface area contributed by atoms with E-state index < -0.39 is 0 Å². The zero-order chi connectivity index (χ0) is 42.2. The Morgan fingerprint density at radius 2 is 0.903 bits per heavy atom. The summed E-state index contributed by atoms with van der Waals surface area (Å²) < 4.78 is 12.7. The van der Waals surface area contributed by atoms with E-state index in [9.17, 15) is 0 Å². The van der Waals surface area contributed by atoms with E-state index in [1.54, 1.807) is 0 Å². The molecule has 2 aliphatic heterocycles. The zero-order valence-corrected chi connectivity index (χ0v) is 36.3. The number of nitrogens with zero attached hydrogens (tertiary/aromatic N) is 2. The molecule has 10 aromatic rings. The lowest BCUT2D eigenvalue weighted by Gasteiger charge is -2.45. The number of anilines is 6. The summed E-state index contributed by atoms with van der Waals surface area (Å²) in [5, 5.41) is 4.55. The number of furan rings is 2. The SMILES string of the molecule is Cc1cc2c3c(c1)N(c1ccc4c(c1)oc1ccccc14)c1ccc(C(C)(C)C)cc1B3c1cc(C(C)(C)C)ccc1N2c1ccc(-c2ccc3oc4ccccc4c3c2)cc1. The maximum Gasteiger partial charge on any atom is 0.252 e. The van der Waals surface area contributed by atoms with Crippen LogP contribution in [0.25, 0.3) is 55.0 Å². The van der Waals surface area contributed by atoms with Crippen LogP contribution in [0.5, 0.6) is 0 Å². The van der Waals surface area contributed by atoms with Crippen molar-refractivity contribution in [1.29, 1.82) is 0 Å². The number of hydrogen-bond acceptors (Lipinski definition) is 4. The van der Waals surface area contributed by atoms with Crippen molar-refractivity contribution in [3.63, 3.8) is 0 Å². The molecule has 0 saturated carbocycles. The van der Waals surface area contributed by atoms with Crippen molar-refractivity contribution in [2.75, 3.05) is 9.80 Å². The predicted octanol–water partition coefficient (Wildman–Crippen LogP) is 14.1. The molecule has 300 valence electrons. The highest BCUT2D eigenvalue weighted by Crippen LogP contribution is 2.47. The lowest BCUT2D eigenvalue weighted by Crippen LogP contribution is -2.61. The highest BCUT2D eigenvalue weighted by molar-refractivity contribution is 7.00. The number of para-hydroxylation sites is 2. The molecular weight excluding hydrogens is 755 g/mol. The van der Waals surface area contributed by atoms with E-state index in [1.165, 1.54) is 67.0 Å². The van der Waals surface area contributed by atoms with Gasteiger partial charge in [0.1, 0.15) is 22.3 Å². The van der Waals surface area contributed by atoms with E-state index in [-0.39, 0.29) is 17.5 Å². The smallest absolute Gasteiger partial charge is 0.252 e. The van der Waals surface area contributed by atoms with E-state index in [2.05, 4.69) is 198 Å². The largest absolute Gasteiger partial charge is 0.456 e. The van der Waals surface area contributed by atoms with Crippen molar-refractivity contribution >= 4 is 101 Å². The maximum absolute atomic E-state index is 6.53. The summed E-state index contributed by atoms with van der Waals surface area (Å²) in [6.07, 6.45) is 0. The molecule has 12 rings (SSSR count). The van der Waals surface area contributed by atoms with Gasteiger partial charge in [-0.25, -0.2) is 0 Å². The molecule has 4 heterocycles. The van der Waals surface area contributed by atoms with Crippen molar-refractivity contribution in [3.8, 4) is 11.1 Å². The molecule has 4 nitrogen and oxygen atoms in total. The highest BCUT2D eigenvalue weighted by atomic mass is 16.3.